The number of rotatable bonds is 10. The lowest BCUT2D eigenvalue weighted by atomic mass is 9.71. The van der Waals surface area contributed by atoms with Crippen molar-refractivity contribution >= 4 is 29.1 Å². The fourth-order valence-electron chi connectivity index (χ4n) is 7.31. The van der Waals surface area contributed by atoms with Gasteiger partial charge in [-0.2, -0.15) is 0 Å². The number of thiazole rings is 1. The first-order valence-corrected chi connectivity index (χ1v) is 18.0. The number of nitrogens with zero attached hydrogens (tertiary/aromatic N) is 4. The summed E-state index contributed by atoms with van der Waals surface area (Å²) >= 11 is 1.59. The molecule has 1 aromatic carbocycles. The average Bonchev–Trinajstić information content (AvgIpc) is 3.66. The molecule has 4 heterocycles. The summed E-state index contributed by atoms with van der Waals surface area (Å²) in [7, 11) is 0. The summed E-state index contributed by atoms with van der Waals surface area (Å²) in [5.74, 6) is -0.842. The van der Waals surface area contributed by atoms with Gasteiger partial charge in [-0.3, -0.25) is 19.3 Å². The predicted molar refractivity (Wildman–Crippen MR) is 184 cm³/mol. The van der Waals surface area contributed by atoms with Gasteiger partial charge in [-0.1, -0.05) is 45.0 Å². The summed E-state index contributed by atoms with van der Waals surface area (Å²) in [4.78, 5) is 52.3. The number of β-amino-alcohol motifs (C(OH)–C–C–N with tert-alkyl or cyclic N) is 1. The van der Waals surface area contributed by atoms with Crippen LogP contribution < -0.4 is 16.4 Å². The van der Waals surface area contributed by atoms with Crippen molar-refractivity contribution in [2.24, 2.45) is 16.6 Å². The quantitative estimate of drug-likeness (QED) is 0.303. The molecule has 3 amide bonds. The summed E-state index contributed by atoms with van der Waals surface area (Å²) < 4.78 is 0. The van der Waals surface area contributed by atoms with Gasteiger partial charge >= 0.3 is 0 Å². The Morgan fingerprint density at radius 2 is 1.70 bits per heavy atom. The average molecular weight is 668 g/mol. The van der Waals surface area contributed by atoms with Gasteiger partial charge in [-0.25, -0.2) is 4.98 Å². The van der Waals surface area contributed by atoms with Crippen LogP contribution >= 0.6 is 11.3 Å². The lowest BCUT2D eigenvalue weighted by molar-refractivity contribution is -0.144. The van der Waals surface area contributed by atoms with E-state index in [4.69, 9.17) is 5.73 Å². The number of nitrogens with one attached hydrogen (secondary N) is 2. The van der Waals surface area contributed by atoms with Gasteiger partial charge < -0.3 is 31.3 Å². The standard InChI is InChI=1S/C35H53N7O4S/c1-24-30(47-23-38-24)26-7-5-25(6-8-26)20-37-32(45)28-19-27(43)21-42(28)33(46)31(34(2,3)4)39-29(44)22-41-16-11-35(12-17-41)9-14-40(15-10-35)18-13-36/h5-8,23,27-28,31,43H,9-22,36H2,1-4H3,(H,37,45)(H,39,44)/t27-,28+,31-/m1/s1. The van der Waals surface area contributed by atoms with Crippen molar-refractivity contribution in [2.75, 3.05) is 52.4 Å². The Balaban J connectivity index is 1.14. The summed E-state index contributed by atoms with van der Waals surface area (Å²) in [6.45, 7) is 13.9. The highest BCUT2D eigenvalue weighted by atomic mass is 32.1. The molecule has 12 heteroatoms. The first kappa shape index (κ1) is 35.4. The SMILES string of the molecule is Cc1ncsc1-c1ccc(CNC(=O)[C@@H]2C[C@@H](O)CN2C(=O)[C@@H](NC(=O)CN2CCC3(CCN(CCN)CC3)CC2)C(C)(C)C)cc1. The second-order valence-electron chi connectivity index (χ2n) is 14.9. The third-order valence-electron chi connectivity index (χ3n) is 10.4. The molecule has 3 fully saturated rings. The van der Waals surface area contributed by atoms with Crippen molar-refractivity contribution in [3.8, 4) is 10.4 Å². The number of nitrogens with two attached hydrogens (primary N) is 1. The van der Waals surface area contributed by atoms with Gasteiger partial charge in [-0.05, 0) is 80.7 Å². The van der Waals surface area contributed by atoms with Crippen molar-refractivity contribution in [1.29, 1.82) is 0 Å². The largest absolute Gasteiger partial charge is 0.391 e. The number of hydrogen-bond acceptors (Lipinski definition) is 9. The Bertz CT molecular complexity index is 1370. The predicted octanol–water partition coefficient (Wildman–Crippen LogP) is 2.36. The van der Waals surface area contributed by atoms with Crippen LogP contribution in [0.2, 0.25) is 0 Å². The van der Waals surface area contributed by atoms with Gasteiger partial charge in [0.05, 0.1) is 28.7 Å². The summed E-state index contributed by atoms with van der Waals surface area (Å²) in [6, 6.07) is 6.33. The molecule has 3 saturated heterocycles. The van der Waals surface area contributed by atoms with Crippen LogP contribution in [0.3, 0.4) is 0 Å². The maximum Gasteiger partial charge on any atom is 0.246 e. The Hall–Kier alpha value is -2.90. The molecule has 47 heavy (non-hydrogen) atoms. The molecular weight excluding hydrogens is 614 g/mol. The van der Waals surface area contributed by atoms with Crippen LogP contribution in [0.5, 0.6) is 0 Å². The van der Waals surface area contributed by atoms with Gasteiger partial charge in [0.1, 0.15) is 12.1 Å². The highest BCUT2D eigenvalue weighted by molar-refractivity contribution is 7.13. The number of carbonyl (C=O) groups is 3. The van der Waals surface area contributed by atoms with Crippen LogP contribution in [0, 0.1) is 17.8 Å². The minimum absolute atomic E-state index is 0.0547. The van der Waals surface area contributed by atoms with E-state index in [0.29, 0.717) is 18.5 Å². The maximum absolute atomic E-state index is 14.0. The normalized spacial score (nSPS) is 22.7. The van der Waals surface area contributed by atoms with Crippen molar-refractivity contribution in [2.45, 2.75) is 84.5 Å². The van der Waals surface area contributed by atoms with Crippen molar-refractivity contribution in [3.63, 3.8) is 0 Å². The van der Waals surface area contributed by atoms with Gasteiger partial charge in [0.25, 0.3) is 0 Å². The lowest BCUT2D eigenvalue weighted by Gasteiger charge is -2.47. The number of hydrogen-bond donors (Lipinski definition) is 4. The Kier molecular flexibility index (Phi) is 11.4. The molecule has 3 atom stereocenters. The van der Waals surface area contributed by atoms with Gasteiger partial charge in [0.2, 0.25) is 17.7 Å². The van der Waals surface area contributed by atoms with Gasteiger partial charge in [-0.15, -0.1) is 11.3 Å². The van der Waals surface area contributed by atoms with E-state index in [9.17, 15) is 19.5 Å². The second-order valence-corrected chi connectivity index (χ2v) is 15.7. The number of likely N-dealkylation sites (tertiary alicyclic amines) is 3. The van der Waals surface area contributed by atoms with Crippen molar-refractivity contribution in [3.05, 3.63) is 41.0 Å². The van der Waals surface area contributed by atoms with E-state index in [0.717, 1.165) is 67.3 Å². The molecular formula is C35H53N7O4S. The fraction of sp³-hybridized carbons (Fsp3) is 0.657. The van der Waals surface area contributed by atoms with Crippen LogP contribution in [0.1, 0.15) is 64.1 Å². The molecule has 3 aliphatic heterocycles. The monoisotopic (exact) mass is 667 g/mol. The third kappa shape index (κ3) is 8.77. The molecule has 11 nitrogen and oxygen atoms in total. The second kappa shape index (κ2) is 15.1. The van der Waals surface area contributed by atoms with E-state index in [-0.39, 0.29) is 37.2 Å². The fourth-order valence-corrected chi connectivity index (χ4v) is 8.12. The Morgan fingerprint density at radius 3 is 2.28 bits per heavy atom. The van der Waals surface area contributed by atoms with Crippen molar-refractivity contribution in [1.82, 2.24) is 30.3 Å². The van der Waals surface area contributed by atoms with E-state index in [1.165, 1.54) is 17.7 Å². The minimum atomic E-state index is -0.832. The smallest absolute Gasteiger partial charge is 0.246 e. The van der Waals surface area contributed by atoms with Crippen LogP contribution in [-0.2, 0) is 20.9 Å². The highest BCUT2D eigenvalue weighted by Gasteiger charge is 2.45. The molecule has 0 saturated carbocycles. The molecule has 3 aliphatic rings. The van der Waals surface area contributed by atoms with Gasteiger partial charge in [0.15, 0.2) is 0 Å². The zero-order valence-electron chi connectivity index (χ0n) is 28.5. The zero-order valence-corrected chi connectivity index (χ0v) is 29.3. The summed E-state index contributed by atoms with van der Waals surface area (Å²) in [5, 5.41) is 16.5. The molecule has 0 bridgehead atoms. The number of aliphatic hydroxyl groups is 1. The van der Waals surface area contributed by atoms with Crippen LogP contribution in [0.4, 0.5) is 0 Å². The van der Waals surface area contributed by atoms with Gasteiger partial charge in [0, 0.05) is 32.6 Å². The molecule has 5 N–H and O–H groups in total. The number of benzene rings is 1. The molecule has 5 rings (SSSR count). The van der Waals surface area contributed by atoms with Crippen molar-refractivity contribution < 1.29 is 19.5 Å². The van der Waals surface area contributed by atoms with E-state index >= 15 is 0 Å². The number of piperidine rings is 2. The zero-order chi connectivity index (χ0) is 33.8. The first-order chi connectivity index (χ1) is 22.4. The molecule has 1 aromatic heterocycles. The molecule has 2 aromatic rings. The molecule has 1 spiro atoms. The number of aliphatic hydroxyl groups excluding tert-OH is 1. The van der Waals surface area contributed by atoms with E-state index in [1.807, 2.05) is 57.5 Å². The Labute approximate surface area is 283 Å². The molecule has 0 unspecified atom stereocenters. The minimum Gasteiger partial charge on any atom is -0.391 e. The summed E-state index contributed by atoms with van der Waals surface area (Å²) in [5.41, 5.74) is 10.3. The third-order valence-corrected chi connectivity index (χ3v) is 11.3. The maximum atomic E-state index is 14.0. The molecule has 258 valence electrons. The Morgan fingerprint density at radius 1 is 1.06 bits per heavy atom. The topological polar surface area (TPSA) is 144 Å². The van der Waals surface area contributed by atoms with Crippen LogP contribution in [0.15, 0.2) is 29.8 Å². The number of amides is 3. The first-order valence-electron chi connectivity index (χ1n) is 17.1. The molecule has 0 aliphatic carbocycles. The number of aryl methyl sites for hydroxylation is 1. The lowest BCUT2D eigenvalue weighted by Crippen LogP contribution is -2.59. The van der Waals surface area contributed by atoms with E-state index in [1.54, 1.807) is 11.3 Å². The number of carbonyl (C=O) groups excluding carboxylic acids is 3. The van der Waals surface area contributed by atoms with Crippen LogP contribution in [-0.4, -0.2) is 113 Å². The summed E-state index contributed by atoms with van der Waals surface area (Å²) in [6.07, 6.45) is 3.88. The van der Waals surface area contributed by atoms with Crippen LogP contribution in [0.25, 0.3) is 10.4 Å². The molecule has 0 radical (unpaired) electrons. The highest BCUT2D eigenvalue weighted by Crippen LogP contribution is 2.41. The van der Waals surface area contributed by atoms with E-state index in [2.05, 4.69) is 25.4 Å². The van der Waals surface area contributed by atoms with E-state index < -0.39 is 23.6 Å². The number of aromatic nitrogens is 1.